The van der Waals surface area contributed by atoms with Gasteiger partial charge >= 0.3 is 180 Å². The molecular formula is C26H25NW. The molecule has 0 heterocycles. The number of nitrogens with zero attached hydrogens (tertiary/aromatic N) is 1. The Morgan fingerprint density at radius 2 is 1.39 bits per heavy atom. The number of benzene rings is 3. The van der Waals surface area contributed by atoms with E-state index in [-0.39, 0.29) is 0 Å². The van der Waals surface area contributed by atoms with E-state index in [0.717, 1.165) is 11.4 Å². The summed E-state index contributed by atoms with van der Waals surface area (Å²) in [5, 5.41) is 0. The van der Waals surface area contributed by atoms with Crippen LogP contribution in [-0.4, -0.2) is 4.40 Å². The van der Waals surface area contributed by atoms with Crippen LogP contribution in [0.2, 0.25) is 0 Å². The van der Waals surface area contributed by atoms with Gasteiger partial charge in [-0.05, 0) is 0 Å². The average Bonchev–Trinajstić information content (AvgIpc) is 2.69. The van der Waals surface area contributed by atoms with Crippen molar-refractivity contribution in [1.29, 1.82) is 0 Å². The van der Waals surface area contributed by atoms with Crippen LogP contribution in [0.25, 0.3) is 5.57 Å². The van der Waals surface area contributed by atoms with Crippen molar-refractivity contribution in [2.24, 2.45) is 0 Å². The van der Waals surface area contributed by atoms with Crippen LogP contribution >= 0.6 is 0 Å². The molecule has 0 N–H and O–H groups in total. The molecule has 0 bridgehead atoms. The van der Waals surface area contributed by atoms with Crippen molar-refractivity contribution in [3.8, 4) is 0 Å². The first-order chi connectivity index (χ1) is 13.6. The first-order valence-corrected chi connectivity index (χ1v) is 11.1. The maximum absolute atomic E-state index is 2.29. The Morgan fingerprint density at radius 1 is 0.786 bits per heavy atom. The summed E-state index contributed by atoms with van der Waals surface area (Å²) >= 11 is 1.45. The molecule has 0 aliphatic carbocycles. The van der Waals surface area contributed by atoms with E-state index in [9.17, 15) is 0 Å². The van der Waals surface area contributed by atoms with Gasteiger partial charge in [0.1, 0.15) is 0 Å². The molecule has 0 fully saturated rings. The van der Waals surface area contributed by atoms with E-state index >= 15 is 0 Å². The van der Waals surface area contributed by atoms with Crippen molar-refractivity contribution < 1.29 is 19.4 Å². The van der Waals surface area contributed by atoms with Gasteiger partial charge in [-0.3, -0.25) is 0 Å². The van der Waals surface area contributed by atoms with Crippen molar-refractivity contribution in [2.45, 2.75) is 20.8 Å². The van der Waals surface area contributed by atoms with Crippen LogP contribution in [0.15, 0.2) is 91.1 Å². The van der Waals surface area contributed by atoms with Gasteiger partial charge in [-0.15, -0.1) is 0 Å². The van der Waals surface area contributed by atoms with E-state index in [1.807, 2.05) is 0 Å². The monoisotopic (exact) mass is 535 g/mol. The van der Waals surface area contributed by atoms with Gasteiger partial charge in [0.25, 0.3) is 0 Å². The summed E-state index contributed by atoms with van der Waals surface area (Å²) in [5.74, 6) is 0. The summed E-state index contributed by atoms with van der Waals surface area (Å²) in [5.41, 5.74) is 8.55. The number of aryl methyl sites for hydroxylation is 3. The predicted octanol–water partition coefficient (Wildman–Crippen LogP) is 6.70. The fourth-order valence-corrected chi connectivity index (χ4v) is 3.52. The Kier molecular flexibility index (Phi) is 6.95. The quantitative estimate of drug-likeness (QED) is 0.318. The van der Waals surface area contributed by atoms with Gasteiger partial charge < -0.3 is 0 Å². The van der Waals surface area contributed by atoms with Crippen LogP contribution < -0.4 is 4.90 Å². The summed E-state index contributed by atoms with van der Waals surface area (Å²) < 4.78 is 2.15. The zero-order chi connectivity index (χ0) is 19.9. The zero-order valence-corrected chi connectivity index (χ0v) is 19.5. The van der Waals surface area contributed by atoms with Crippen LogP contribution in [0.3, 0.4) is 0 Å². The summed E-state index contributed by atoms with van der Waals surface area (Å²) in [6.07, 6.45) is 6.59. The number of anilines is 2. The molecule has 0 spiro atoms. The average molecular weight is 535 g/mol. The molecule has 0 amide bonds. The molecule has 28 heavy (non-hydrogen) atoms. The van der Waals surface area contributed by atoms with Crippen LogP contribution in [-0.2, 0) is 19.4 Å². The van der Waals surface area contributed by atoms with E-state index in [1.165, 1.54) is 47.2 Å². The van der Waals surface area contributed by atoms with E-state index in [1.54, 1.807) is 0 Å². The minimum absolute atomic E-state index is 1.16. The fourth-order valence-electron chi connectivity index (χ4n) is 3.23. The van der Waals surface area contributed by atoms with Gasteiger partial charge in [-0.25, -0.2) is 0 Å². The third kappa shape index (κ3) is 5.06. The molecule has 3 rings (SSSR count). The standard InChI is InChI=1S/C26H25N.W/c1-5-10-23(26-16-7-6-13-22(26)4)19-27(24-14-8-11-20(2)17-24)25-15-9-12-21(3)18-25;/h1,5-19H,2-4H3;. The van der Waals surface area contributed by atoms with Crippen molar-refractivity contribution in [3.63, 3.8) is 0 Å². The minimum atomic E-state index is 1.16. The van der Waals surface area contributed by atoms with Gasteiger partial charge in [0, 0.05) is 0 Å². The Balaban J connectivity index is 2.21. The first kappa shape index (κ1) is 20.2. The molecule has 0 saturated heterocycles. The van der Waals surface area contributed by atoms with Crippen LogP contribution in [0.5, 0.6) is 0 Å². The second-order valence-corrected chi connectivity index (χ2v) is 7.92. The molecule has 1 nitrogen and oxygen atoms in total. The Bertz CT molecular complexity index is 984. The molecule has 0 radical (unpaired) electrons. The summed E-state index contributed by atoms with van der Waals surface area (Å²) in [6, 6.07) is 25.9. The van der Waals surface area contributed by atoms with Crippen molar-refractivity contribution in [1.82, 2.24) is 0 Å². The van der Waals surface area contributed by atoms with Crippen LogP contribution in [0, 0.1) is 20.8 Å². The number of allylic oxidation sites excluding steroid dienone is 3. The Hall–Kier alpha value is -2.50. The van der Waals surface area contributed by atoms with Crippen molar-refractivity contribution >= 4 is 21.3 Å². The predicted molar refractivity (Wildman–Crippen MR) is 119 cm³/mol. The molecular weight excluding hydrogens is 510 g/mol. The maximum atomic E-state index is 2.29. The molecule has 3 aromatic rings. The van der Waals surface area contributed by atoms with Gasteiger partial charge in [0.2, 0.25) is 0 Å². The van der Waals surface area contributed by atoms with Gasteiger partial charge in [0.15, 0.2) is 0 Å². The Morgan fingerprint density at radius 3 is 1.93 bits per heavy atom. The third-order valence-corrected chi connectivity index (χ3v) is 5.20. The molecule has 2 heteroatoms. The molecule has 0 unspecified atom stereocenters. The number of rotatable bonds is 6. The molecule has 0 aromatic heterocycles. The van der Waals surface area contributed by atoms with Crippen molar-refractivity contribution in [3.05, 3.63) is 113 Å². The molecule has 0 aliphatic rings. The summed E-state index contributed by atoms with van der Waals surface area (Å²) in [4.78, 5) is 2.29. The summed E-state index contributed by atoms with van der Waals surface area (Å²) in [6.45, 7) is 6.44. The van der Waals surface area contributed by atoms with Gasteiger partial charge in [-0.1, -0.05) is 0 Å². The normalized spacial score (nSPS) is 11.6. The van der Waals surface area contributed by atoms with Gasteiger partial charge in [0.05, 0.1) is 0 Å². The van der Waals surface area contributed by atoms with Crippen molar-refractivity contribution in [2.75, 3.05) is 4.90 Å². The second kappa shape index (κ2) is 9.62. The molecule has 3 aromatic carbocycles. The fraction of sp³-hybridized carbons (Fsp3) is 0.115. The molecule has 0 atom stereocenters. The Labute approximate surface area is 179 Å². The number of hydrogen-bond acceptors (Lipinski definition) is 1. The first-order valence-electron chi connectivity index (χ1n) is 9.41. The van der Waals surface area contributed by atoms with E-state index in [0.29, 0.717) is 0 Å². The topological polar surface area (TPSA) is 3.24 Å². The van der Waals surface area contributed by atoms with E-state index in [2.05, 4.69) is 121 Å². The van der Waals surface area contributed by atoms with E-state index in [4.69, 9.17) is 0 Å². The van der Waals surface area contributed by atoms with E-state index < -0.39 is 0 Å². The summed E-state index contributed by atoms with van der Waals surface area (Å²) in [7, 11) is 0. The number of hydrogen-bond donors (Lipinski definition) is 0. The molecule has 0 aliphatic heterocycles. The molecule has 0 saturated carbocycles. The van der Waals surface area contributed by atoms with Crippen LogP contribution in [0.4, 0.5) is 11.4 Å². The van der Waals surface area contributed by atoms with Gasteiger partial charge in [-0.2, -0.15) is 0 Å². The third-order valence-electron chi connectivity index (χ3n) is 4.64. The second-order valence-electron chi connectivity index (χ2n) is 6.94. The van der Waals surface area contributed by atoms with Crippen LogP contribution in [0.1, 0.15) is 22.3 Å². The molecule has 140 valence electrons. The SMILES string of the molecule is Cc1cccc(N(C=C(C=C[CH]=[W])c2ccccc2C)c2cccc(C)c2)c1. The zero-order valence-electron chi connectivity index (χ0n) is 16.6.